The van der Waals surface area contributed by atoms with Crippen molar-refractivity contribution in [2.45, 2.75) is 39.0 Å². The third-order valence-electron chi connectivity index (χ3n) is 5.98. The molecule has 4 rings (SSSR count). The number of rotatable bonds is 6. The third-order valence-corrected chi connectivity index (χ3v) is 5.98. The molecule has 2 aromatic rings. The van der Waals surface area contributed by atoms with Gasteiger partial charge in [-0.2, -0.15) is 0 Å². The molecule has 1 atom stereocenters. The molecule has 150 valence electrons. The van der Waals surface area contributed by atoms with Crippen molar-refractivity contribution in [3.63, 3.8) is 0 Å². The largest absolute Gasteiger partial charge is 0.477 e. The van der Waals surface area contributed by atoms with Crippen molar-refractivity contribution >= 4 is 17.2 Å². The van der Waals surface area contributed by atoms with Gasteiger partial charge in [0.2, 0.25) is 0 Å². The number of aryl methyl sites for hydroxylation is 1. The van der Waals surface area contributed by atoms with Crippen LogP contribution in [0.25, 0.3) is 5.52 Å². The summed E-state index contributed by atoms with van der Waals surface area (Å²) in [6.07, 6.45) is 4.11. The van der Waals surface area contributed by atoms with Gasteiger partial charge >= 0.3 is 5.97 Å². The molecule has 0 aromatic carbocycles. The van der Waals surface area contributed by atoms with Crippen LogP contribution in [0.5, 0.6) is 0 Å². The highest BCUT2D eigenvalue weighted by Crippen LogP contribution is 2.44. The summed E-state index contributed by atoms with van der Waals surface area (Å²) in [4.78, 5) is 26.2. The van der Waals surface area contributed by atoms with Crippen LogP contribution in [-0.2, 0) is 0 Å². The van der Waals surface area contributed by atoms with Gasteiger partial charge < -0.3 is 15.3 Å². The lowest BCUT2D eigenvalue weighted by atomic mass is 10.0. The number of carbonyl (C=O) groups is 1. The number of fused-ring (bicyclic) bond motifs is 1. The van der Waals surface area contributed by atoms with Crippen molar-refractivity contribution in [3.8, 4) is 0 Å². The first-order chi connectivity index (χ1) is 13.4. The molecule has 1 aliphatic carbocycles. The minimum absolute atomic E-state index is 0.241. The summed E-state index contributed by atoms with van der Waals surface area (Å²) in [5, 5.41) is 12.8. The molecular weight excluding hydrogens is 361 g/mol. The van der Waals surface area contributed by atoms with Crippen LogP contribution in [0.15, 0.2) is 17.1 Å². The van der Waals surface area contributed by atoms with E-state index in [9.17, 15) is 14.7 Å². The quantitative estimate of drug-likeness (QED) is 0.797. The van der Waals surface area contributed by atoms with Crippen molar-refractivity contribution in [3.05, 3.63) is 45.1 Å². The van der Waals surface area contributed by atoms with Gasteiger partial charge in [-0.25, -0.2) is 9.18 Å². The third kappa shape index (κ3) is 3.17. The normalized spacial score (nSPS) is 19.5. The molecule has 0 bridgehead atoms. The highest BCUT2D eigenvalue weighted by molar-refractivity contribution is 5.89. The van der Waals surface area contributed by atoms with E-state index in [2.05, 4.69) is 17.1 Å². The summed E-state index contributed by atoms with van der Waals surface area (Å²) in [5.41, 5.74) is 1.82. The molecule has 1 saturated heterocycles. The molecule has 28 heavy (non-hydrogen) atoms. The fraction of sp³-hybridized carbons (Fsp3) is 0.524. The Kier molecular flexibility index (Phi) is 4.87. The first-order valence-electron chi connectivity index (χ1n) is 9.99. The van der Waals surface area contributed by atoms with E-state index in [1.165, 1.54) is 16.7 Å². The predicted octanol–water partition coefficient (Wildman–Crippen LogP) is 2.76. The van der Waals surface area contributed by atoms with Crippen molar-refractivity contribution < 1.29 is 14.3 Å². The van der Waals surface area contributed by atoms with Gasteiger partial charge in [0, 0.05) is 13.1 Å². The number of aromatic nitrogens is 1. The number of aromatic carboxylic acids is 1. The highest BCUT2D eigenvalue weighted by Gasteiger charge is 2.32. The number of carboxylic acid groups (broad SMARTS) is 1. The van der Waals surface area contributed by atoms with E-state index in [4.69, 9.17) is 0 Å². The Hall–Kier alpha value is -2.41. The number of halogens is 1. The van der Waals surface area contributed by atoms with E-state index in [1.807, 2.05) is 6.92 Å². The molecule has 7 heteroatoms. The van der Waals surface area contributed by atoms with Gasteiger partial charge in [-0.05, 0) is 68.3 Å². The molecule has 0 unspecified atom stereocenters. The summed E-state index contributed by atoms with van der Waals surface area (Å²) >= 11 is 0. The van der Waals surface area contributed by atoms with Gasteiger partial charge in [-0.1, -0.05) is 6.92 Å². The van der Waals surface area contributed by atoms with Crippen molar-refractivity contribution in [2.24, 2.45) is 5.92 Å². The fourth-order valence-electron chi connectivity index (χ4n) is 4.44. The zero-order chi connectivity index (χ0) is 20.0. The predicted molar refractivity (Wildman–Crippen MR) is 106 cm³/mol. The van der Waals surface area contributed by atoms with E-state index < -0.39 is 17.3 Å². The summed E-state index contributed by atoms with van der Waals surface area (Å²) in [5.74, 6) is -1.03. The zero-order valence-corrected chi connectivity index (χ0v) is 16.3. The molecule has 2 aliphatic rings. The first-order valence-corrected chi connectivity index (χ1v) is 9.99. The molecular formula is C21H26FN3O3. The first kappa shape index (κ1) is 18.9. The number of nitrogens with zero attached hydrogens (tertiary/aromatic N) is 2. The molecule has 1 saturated carbocycles. The number of nitrogens with one attached hydrogen (secondary N) is 1. The van der Waals surface area contributed by atoms with Crippen LogP contribution < -0.4 is 15.8 Å². The highest BCUT2D eigenvalue weighted by atomic mass is 19.1. The number of hydrogen-bond donors (Lipinski definition) is 2. The number of hydrogen-bond acceptors (Lipinski definition) is 4. The lowest BCUT2D eigenvalue weighted by molar-refractivity contribution is 0.0694. The Morgan fingerprint density at radius 3 is 2.75 bits per heavy atom. The molecule has 0 spiro atoms. The molecule has 0 radical (unpaired) electrons. The Morgan fingerprint density at radius 2 is 2.11 bits per heavy atom. The van der Waals surface area contributed by atoms with Gasteiger partial charge in [0.15, 0.2) is 5.82 Å². The van der Waals surface area contributed by atoms with E-state index >= 15 is 4.39 Å². The molecule has 3 heterocycles. The standard InChI is InChI=1S/C21H26FN3O3/c1-3-23-9-13-6-7-24(10-13)19-12(2)18-15(14-4-5-14)8-16(21(27)28)20(26)25(18)11-17(19)22/h8,11,13-14,23H,3-7,9-10H2,1-2H3,(H,27,28)/t13-/m0/s1. The van der Waals surface area contributed by atoms with Gasteiger partial charge in [-0.15, -0.1) is 0 Å². The van der Waals surface area contributed by atoms with Crippen molar-refractivity contribution in [1.82, 2.24) is 9.72 Å². The van der Waals surface area contributed by atoms with E-state index in [1.54, 1.807) is 0 Å². The molecule has 2 fully saturated rings. The minimum Gasteiger partial charge on any atom is -0.477 e. The van der Waals surface area contributed by atoms with Gasteiger partial charge in [0.25, 0.3) is 5.56 Å². The summed E-state index contributed by atoms with van der Waals surface area (Å²) < 4.78 is 16.3. The second kappa shape index (κ2) is 7.20. The van der Waals surface area contributed by atoms with E-state index in [0.717, 1.165) is 56.6 Å². The summed E-state index contributed by atoms with van der Waals surface area (Å²) in [7, 11) is 0. The second-order valence-corrected chi connectivity index (χ2v) is 7.98. The molecule has 2 N–H and O–H groups in total. The molecule has 0 amide bonds. The minimum atomic E-state index is -1.27. The smallest absolute Gasteiger partial charge is 0.341 e. The number of carboxylic acids is 1. The van der Waals surface area contributed by atoms with Gasteiger partial charge in [0.1, 0.15) is 5.56 Å². The van der Waals surface area contributed by atoms with Crippen LogP contribution in [0.2, 0.25) is 0 Å². The molecule has 1 aliphatic heterocycles. The van der Waals surface area contributed by atoms with E-state index in [-0.39, 0.29) is 11.5 Å². The summed E-state index contributed by atoms with van der Waals surface area (Å²) in [6.45, 7) is 7.30. The maximum Gasteiger partial charge on any atom is 0.341 e. The average molecular weight is 387 g/mol. The fourth-order valence-corrected chi connectivity index (χ4v) is 4.44. The zero-order valence-electron chi connectivity index (χ0n) is 16.3. The lowest BCUT2D eigenvalue weighted by Gasteiger charge is -2.24. The van der Waals surface area contributed by atoms with Crippen molar-refractivity contribution in [1.29, 1.82) is 0 Å². The van der Waals surface area contributed by atoms with Gasteiger partial charge in [-0.3, -0.25) is 9.20 Å². The Morgan fingerprint density at radius 1 is 1.36 bits per heavy atom. The van der Waals surface area contributed by atoms with Crippen LogP contribution >= 0.6 is 0 Å². The molecule has 6 nitrogen and oxygen atoms in total. The maximum absolute atomic E-state index is 15.1. The topological polar surface area (TPSA) is 74.0 Å². The molecule has 2 aromatic heterocycles. The number of anilines is 1. The SMILES string of the molecule is CCNC[C@@H]1CCN(c2c(F)cn3c(=O)c(C(=O)O)cc(C4CC4)c3c2C)C1. The number of pyridine rings is 2. The van der Waals surface area contributed by atoms with E-state index in [0.29, 0.717) is 17.1 Å². The van der Waals surface area contributed by atoms with Crippen LogP contribution in [0.3, 0.4) is 0 Å². The van der Waals surface area contributed by atoms with Crippen LogP contribution in [0.1, 0.15) is 53.6 Å². The van der Waals surface area contributed by atoms with Crippen LogP contribution in [0.4, 0.5) is 10.1 Å². The average Bonchev–Trinajstić information content (AvgIpc) is 3.39. The van der Waals surface area contributed by atoms with Crippen LogP contribution in [0, 0.1) is 18.7 Å². The van der Waals surface area contributed by atoms with Crippen molar-refractivity contribution in [2.75, 3.05) is 31.1 Å². The second-order valence-electron chi connectivity index (χ2n) is 7.98. The van der Waals surface area contributed by atoms with Gasteiger partial charge in [0.05, 0.1) is 17.4 Å². The summed E-state index contributed by atoms with van der Waals surface area (Å²) in [6, 6.07) is 1.50. The monoisotopic (exact) mass is 387 g/mol. The van der Waals surface area contributed by atoms with Crippen LogP contribution in [-0.4, -0.2) is 41.7 Å². The maximum atomic E-state index is 15.1. The Balaban J connectivity index is 1.84. The lowest BCUT2D eigenvalue weighted by Crippen LogP contribution is -2.28. The Bertz CT molecular complexity index is 997. The Labute approximate surface area is 163 Å².